The van der Waals surface area contributed by atoms with Gasteiger partial charge >= 0.3 is 0 Å². The van der Waals surface area contributed by atoms with Gasteiger partial charge in [0.05, 0.1) is 6.54 Å². The average molecular weight is 316 g/mol. The van der Waals surface area contributed by atoms with Crippen molar-refractivity contribution in [2.45, 2.75) is 39.3 Å². The molecule has 1 amide bonds. The van der Waals surface area contributed by atoms with E-state index in [0.29, 0.717) is 25.6 Å². The first kappa shape index (κ1) is 17.3. The summed E-state index contributed by atoms with van der Waals surface area (Å²) in [5, 5.41) is 6.63. The Hall–Kier alpha value is -2.04. The van der Waals surface area contributed by atoms with Crippen LogP contribution in [0.1, 0.15) is 32.3 Å². The fourth-order valence-electron chi connectivity index (χ4n) is 2.42. The predicted molar refractivity (Wildman–Crippen MR) is 94.2 cm³/mol. The van der Waals surface area contributed by atoms with Gasteiger partial charge in [0.2, 0.25) is 5.91 Å². The van der Waals surface area contributed by atoms with Gasteiger partial charge in [0.15, 0.2) is 5.96 Å². The lowest BCUT2D eigenvalue weighted by atomic mass is 10.2. The van der Waals surface area contributed by atoms with Gasteiger partial charge in [0.25, 0.3) is 0 Å². The lowest BCUT2D eigenvalue weighted by Gasteiger charge is -2.17. The number of guanidine groups is 1. The summed E-state index contributed by atoms with van der Waals surface area (Å²) in [5.41, 5.74) is 1.14. The predicted octanol–water partition coefficient (Wildman–Crippen LogP) is 2.00. The summed E-state index contributed by atoms with van der Waals surface area (Å²) >= 11 is 0. The molecule has 0 aliphatic heterocycles. The van der Waals surface area contributed by atoms with Crippen LogP contribution in [0.15, 0.2) is 35.3 Å². The third-order valence-corrected chi connectivity index (χ3v) is 4.06. The Labute approximate surface area is 139 Å². The van der Waals surface area contributed by atoms with E-state index in [1.807, 2.05) is 44.3 Å². The fourth-order valence-corrected chi connectivity index (χ4v) is 2.42. The molecule has 0 saturated heterocycles. The Morgan fingerprint density at radius 2 is 2.04 bits per heavy atom. The molecule has 5 nitrogen and oxygen atoms in total. The summed E-state index contributed by atoms with van der Waals surface area (Å²) in [6.07, 6.45) is 1.63. The first-order valence-corrected chi connectivity index (χ1v) is 8.43. The van der Waals surface area contributed by atoms with E-state index >= 15 is 0 Å². The van der Waals surface area contributed by atoms with Crippen LogP contribution in [0.25, 0.3) is 0 Å². The molecule has 126 valence electrons. The van der Waals surface area contributed by atoms with E-state index in [1.54, 1.807) is 4.90 Å². The largest absolute Gasteiger partial charge is 0.357 e. The second-order valence-electron chi connectivity index (χ2n) is 6.21. The van der Waals surface area contributed by atoms with E-state index in [1.165, 1.54) is 6.42 Å². The van der Waals surface area contributed by atoms with Crippen LogP contribution >= 0.6 is 0 Å². The van der Waals surface area contributed by atoms with Gasteiger partial charge in [-0.05, 0) is 24.8 Å². The first-order chi connectivity index (χ1) is 11.1. The Morgan fingerprint density at radius 3 is 2.65 bits per heavy atom. The second-order valence-corrected chi connectivity index (χ2v) is 6.21. The van der Waals surface area contributed by atoms with E-state index in [9.17, 15) is 4.79 Å². The fraction of sp³-hybridized carbons (Fsp3) is 0.556. The molecule has 1 aliphatic carbocycles. The van der Waals surface area contributed by atoms with Crippen LogP contribution in [0.3, 0.4) is 0 Å². The van der Waals surface area contributed by atoms with Gasteiger partial charge in [-0.1, -0.05) is 37.3 Å². The molecule has 0 aromatic heterocycles. The highest BCUT2D eigenvalue weighted by molar-refractivity contribution is 5.81. The summed E-state index contributed by atoms with van der Waals surface area (Å²) in [7, 11) is 1.84. The molecule has 1 saturated carbocycles. The third kappa shape index (κ3) is 5.93. The molecule has 2 atom stereocenters. The highest BCUT2D eigenvalue weighted by atomic mass is 16.2. The SMILES string of the molecule is CCNC(=NCCC(=O)N(C)Cc1ccccc1)NC1CC1C. The maximum absolute atomic E-state index is 12.2. The number of rotatable bonds is 7. The zero-order valence-electron chi connectivity index (χ0n) is 14.4. The summed E-state index contributed by atoms with van der Waals surface area (Å²) in [6, 6.07) is 10.6. The van der Waals surface area contributed by atoms with Crippen LogP contribution in [0.4, 0.5) is 0 Å². The van der Waals surface area contributed by atoms with Crippen LogP contribution in [-0.2, 0) is 11.3 Å². The molecule has 1 aliphatic rings. The third-order valence-electron chi connectivity index (χ3n) is 4.06. The van der Waals surface area contributed by atoms with Gasteiger partial charge in [-0.15, -0.1) is 0 Å². The molecular weight excluding hydrogens is 288 g/mol. The standard InChI is InChI=1S/C18H28N4O/c1-4-19-18(21-16-12-14(16)2)20-11-10-17(23)22(3)13-15-8-6-5-7-9-15/h5-9,14,16H,4,10-13H2,1-3H3,(H2,19,20,21). The molecule has 1 fully saturated rings. The number of benzene rings is 1. The van der Waals surface area contributed by atoms with Crippen LogP contribution in [0.2, 0.25) is 0 Å². The van der Waals surface area contributed by atoms with Gasteiger partial charge in [0, 0.05) is 32.6 Å². The first-order valence-electron chi connectivity index (χ1n) is 8.43. The Kier molecular flexibility index (Phi) is 6.44. The van der Waals surface area contributed by atoms with Crippen molar-refractivity contribution in [1.82, 2.24) is 15.5 Å². The maximum Gasteiger partial charge on any atom is 0.224 e. The number of carbonyl (C=O) groups excluding carboxylic acids is 1. The molecule has 5 heteroatoms. The molecule has 1 aromatic rings. The van der Waals surface area contributed by atoms with Gasteiger partial charge in [-0.25, -0.2) is 0 Å². The minimum absolute atomic E-state index is 0.119. The number of hydrogen-bond acceptors (Lipinski definition) is 2. The van der Waals surface area contributed by atoms with E-state index in [2.05, 4.69) is 22.5 Å². The lowest BCUT2D eigenvalue weighted by molar-refractivity contribution is -0.130. The van der Waals surface area contributed by atoms with Crippen molar-refractivity contribution >= 4 is 11.9 Å². The average Bonchev–Trinajstić information content (AvgIpc) is 3.23. The molecule has 0 spiro atoms. The van der Waals surface area contributed by atoms with Gasteiger partial charge in [0.1, 0.15) is 0 Å². The highest BCUT2D eigenvalue weighted by Gasteiger charge is 2.33. The number of hydrogen-bond donors (Lipinski definition) is 2. The normalized spacial score (nSPS) is 20.0. The number of carbonyl (C=O) groups is 1. The smallest absolute Gasteiger partial charge is 0.224 e. The summed E-state index contributed by atoms with van der Waals surface area (Å²) in [5.74, 6) is 1.66. The summed E-state index contributed by atoms with van der Waals surface area (Å²) in [6.45, 7) is 6.25. The van der Waals surface area contributed by atoms with Crippen LogP contribution < -0.4 is 10.6 Å². The molecule has 23 heavy (non-hydrogen) atoms. The second kappa shape index (κ2) is 8.56. The summed E-state index contributed by atoms with van der Waals surface area (Å²) < 4.78 is 0. The molecule has 1 aromatic carbocycles. The quantitative estimate of drug-likeness (QED) is 0.597. The van der Waals surface area contributed by atoms with Crippen LogP contribution in [0, 0.1) is 5.92 Å². The molecular formula is C18H28N4O. The number of aliphatic imine (C=N–C) groups is 1. The van der Waals surface area contributed by atoms with Crippen molar-refractivity contribution in [2.75, 3.05) is 20.1 Å². The number of amides is 1. The van der Waals surface area contributed by atoms with Crippen LogP contribution in [-0.4, -0.2) is 42.9 Å². The van der Waals surface area contributed by atoms with Crippen molar-refractivity contribution in [1.29, 1.82) is 0 Å². The Morgan fingerprint density at radius 1 is 1.35 bits per heavy atom. The van der Waals surface area contributed by atoms with E-state index in [-0.39, 0.29) is 5.91 Å². The van der Waals surface area contributed by atoms with E-state index in [0.717, 1.165) is 24.0 Å². The zero-order valence-corrected chi connectivity index (χ0v) is 14.4. The van der Waals surface area contributed by atoms with Crippen molar-refractivity contribution in [3.63, 3.8) is 0 Å². The van der Waals surface area contributed by atoms with Crippen molar-refractivity contribution in [3.8, 4) is 0 Å². The zero-order chi connectivity index (χ0) is 16.7. The molecule has 2 rings (SSSR count). The Balaban J connectivity index is 1.76. The van der Waals surface area contributed by atoms with Crippen molar-refractivity contribution in [2.24, 2.45) is 10.9 Å². The van der Waals surface area contributed by atoms with Crippen LogP contribution in [0.5, 0.6) is 0 Å². The van der Waals surface area contributed by atoms with Crippen molar-refractivity contribution < 1.29 is 4.79 Å². The maximum atomic E-state index is 12.2. The van der Waals surface area contributed by atoms with Gasteiger partial charge < -0.3 is 15.5 Å². The minimum atomic E-state index is 0.119. The summed E-state index contributed by atoms with van der Waals surface area (Å²) in [4.78, 5) is 18.5. The highest BCUT2D eigenvalue weighted by Crippen LogP contribution is 2.28. The molecule has 0 radical (unpaired) electrons. The topological polar surface area (TPSA) is 56.7 Å². The molecule has 0 bridgehead atoms. The Bertz CT molecular complexity index is 529. The van der Waals surface area contributed by atoms with E-state index < -0.39 is 0 Å². The lowest BCUT2D eigenvalue weighted by Crippen LogP contribution is -2.39. The van der Waals surface area contributed by atoms with E-state index in [4.69, 9.17) is 0 Å². The minimum Gasteiger partial charge on any atom is -0.357 e. The van der Waals surface area contributed by atoms with Gasteiger partial charge in [-0.3, -0.25) is 9.79 Å². The molecule has 0 heterocycles. The van der Waals surface area contributed by atoms with Gasteiger partial charge in [-0.2, -0.15) is 0 Å². The molecule has 2 N–H and O–H groups in total. The van der Waals surface area contributed by atoms with Crippen molar-refractivity contribution in [3.05, 3.63) is 35.9 Å². The monoisotopic (exact) mass is 316 g/mol. The molecule has 2 unspecified atom stereocenters. The number of nitrogens with one attached hydrogen (secondary N) is 2. The number of nitrogens with zero attached hydrogens (tertiary/aromatic N) is 2.